The summed E-state index contributed by atoms with van der Waals surface area (Å²) in [5.41, 5.74) is 3.67. The van der Waals surface area contributed by atoms with E-state index in [9.17, 15) is 9.90 Å². The Morgan fingerprint density at radius 3 is 2.52 bits per heavy atom. The molecule has 1 atom stereocenters. The molecule has 0 unspecified atom stereocenters. The summed E-state index contributed by atoms with van der Waals surface area (Å²) < 4.78 is 1.74. The zero-order valence-electron chi connectivity index (χ0n) is 13.8. The number of aryl methyl sites for hydroxylation is 3. The molecule has 0 aliphatic heterocycles. The topological polar surface area (TPSA) is 67.2 Å². The molecule has 0 bridgehead atoms. The fraction of sp³-hybridized carbons (Fsp3) is 0.444. The maximum absolute atomic E-state index is 12.8. The lowest BCUT2D eigenvalue weighted by atomic mass is 9.75. The van der Waals surface area contributed by atoms with E-state index in [1.807, 2.05) is 45.3 Å². The number of hydrogen-bond donors (Lipinski definition) is 2. The normalized spacial score (nSPS) is 21.6. The molecule has 0 saturated heterocycles. The lowest BCUT2D eigenvalue weighted by Gasteiger charge is -2.37. The van der Waals surface area contributed by atoms with Crippen molar-refractivity contribution in [2.75, 3.05) is 0 Å². The molecule has 0 spiro atoms. The Morgan fingerprint density at radius 2 is 2.00 bits per heavy atom. The zero-order chi connectivity index (χ0) is 16.6. The Bertz CT molecular complexity index is 697. The molecule has 1 aliphatic carbocycles. The molecule has 1 heterocycles. The van der Waals surface area contributed by atoms with Crippen LogP contribution in [0.5, 0.6) is 0 Å². The van der Waals surface area contributed by atoms with Crippen LogP contribution >= 0.6 is 0 Å². The Labute approximate surface area is 136 Å². The molecule has 2 aromatic rings. The third-order valence-corrected chi connectivity index (χ3v) is 4.70. The number of carbonyl (C=O) groups excluding carboxylic acids is 1. The maximum Gasteiger partial charge on any atom is 0.252 e. The van der Waals surface area contributed by atoms with Gasteiger partial charge in [-0.1, -0.05) is 18.2 Å². The Hall–Kier alpha value is -2.14. The van der Waals surface area contributed by atoms with Gasteiger partial charge in [-0.2, -0.15) is 5.10 Å². The van der Waals surface area contributed by atoms with E-state index in [1.54, 1.807) is 10.9 Å². The van der Waals surface area contributed by atoms with E-state index >= 15 is 0 Å². The molecule has 3 rings (SSSR count). The van der Waals surface area contributed by atoms with Crippen molar-refractivity contribution in [1.82, 2.24) is 15.1 Å². The van der Waals surface area contributed by atoms with Crippen LogP contribution in [0.15, 0.2) is 30.6 Å². The maximum atomic E-state index is 12.8. The van der Waals surface area contributed by atoms with Crippen molar-refractivity contribution in [1.29, 1.82) is 0 Å². The van der Waals surface area contributed by atoms with Crippen LogP contribution in [0.4, 0.5) is 0 Å². The van der Waals surface area contributed by atoms with Crippen molar-refractivity contribution < 1.29 is 9.90 Å². The molecular formula is C18H23N3O2. The lowest BCUT2D eigenvalue weighted by molar-refractivity contribution is 0.0235. The fourth-order valence-electron chi connectivity index (χ4n) is 3.36. The average molecular weight is 313 g/mol. The number of benzene rings is 1. The van der Waals surface area contributed by atoms with E-state index in [0.717, 1.165) is 22.3 Å². The number of rotatable bonds is 4. The summed E-state index contributed by atoms with van der Waals surface area (Å²) in [6.07, 6.45) is 4.90. The average Bonchev–Trinajstić information content (AvgIpc) is 2.88. The van der Waals surface area contributed by atoms with Crippen LogP contribution in [0.25, 0.3) is 0 Å². The van der Waals surface area contributed by atoms with Gasteiger partial charge in [-0.3, -0.25) is 9.48 Å². The highest BCUT2D eigenvalue weighted by Gasteiger charge is 2.36. The second-order valence-corrected chi connectivity index (χ2v) is 6.55. The van der Waals surface area contributed by atoms with Gasteiger partial charge in [0.25, 0.3) is 5.91 Å². The van der Waals surface area contributed by atoms with Crippen molar-refractivity contribution >= 4 is 5.91 Å². The highest BCUT2D eigenvalue weighted by atomic mass is 16.3. The van der Waals surface area contributed by atoms with E-state index in [-0.39, 0.29) is 24.0 Å². The van der Waals surface area contributed by atoms with E-state index in [4.69, 9.17) is 0 Å². The van der Waals surface area contributed by atoms with Crippen LogP contribution in [0.3, 0.4) is 0 Å². The summed E-state index contributed by atoms with van der Waals surface area (Å²) in [5, 5.41) is 17.0. The lowest BCUT2D eigenvalue weighted by Crippen LogP contribution is -2.41. The van der Waals surface area contributed by atoms with Crippen LogP contribution < -0.4 is 5.32 Å². The number of amides is 1. The molecule has 1 saturated carbocycles. The summed E-state index contributed by atoms with van der Waals surface area (Å²) in [6, 6.07) is 5.75. The van der Waals surface area contributed by atoms with Gasteiger partial charge >= 0.3 is 0 Å². The summed E-state index contributed by atoms with van der Waals surface area (Å²) in [6.45, 7) is 3.90. The van der Waals surface area contributed by atoms with Crippen molar-refractivity contribution in [2.24, 2.45) is 13.0 Å². The molecule has 5 heteroatoms. The first-order valence-corrected chi connectivity index (χ1v) is 7.99. The minimum Gasteiger partial charge on any atom is -0.393 e. The third-order valence-electron chi connectivity index (χ3n) is 4.70. The monoisotopic (exact) mass is 313 g/mol. The first-order valence-electron chi connectivity index (χ1n) is 7.99. The Balaban J connectivity index is 1.85. The molecule has 5 nitrogen and oxygen atoms in total. The van der Waals surface area contributed by atoms with Gasteiger partial charge in [-0.05, 0) is 43.7 Å². The molecule has 1 amide bonds. The molecule has 1 aliphatic rings. The molecule has 0 radical (unpaired) electrons. The largest absolute Gasteiger partial charge is 0.393 e. The van der Waals surface area contributed by atoms with Crippen LogP contribution in [0.2, 0.25) is 0 Å². The van der Waals surface area contributed by atoms with Crippen LogP contribution in [0, 0.1) is 19.8 Å². The summed E-state index contributed by atoms with van der Waals surface area (Å²) in [4.78, 5) is 12.8. The first kappa shape index (κ1) is 15.7. The number of carbonyl (C=O) groups is 1. The van der Waals surface area contributed by atoms with Crippen LogP contribution in [-0.4, -0.2) is 26.9 Å². The molecule has 2 N–H and O–H groups in total. The molecule has 1 fully saturated rings. The third kappa shape index (κ3) is 3.15. The molecular weight excluding hydrogens is 290 g/mol. The van der Waals surface area contributed by atoms with Gasteiger partial charge in [-0.15, -0.1) is 0 Å². The predicted molar refractivity (Wildman–Crippen MR) is 88.1 cm³/mol. The number of hydrogen-bond acceptors (Lipinski definition) is 3. The number of nitrogens with zero attached hydrogens (tertiary/aromatic N) is 2. The van der Waals surface area contributed by atoms with Crippen molar-refractivity contribution in [2.45, 2.75) is 38.8 Å². The van der Waals surface area contributed by atoms with Crippen molar-refractivity contribution in [3.05, 3.63) is 52.8 Å². The van der Waals surface area contributed by atoms with Gasteiger partial charge < -0.3 is 10.4 Å². The van der Waals surface area contributed by atoms with E-state index in [2.05, 4.69) is 10.4 Å². The fourth-order valence-corrected chi connectivity index (χ4v) is 3.36. The predicted octanol–water partition coefficient (Wildman–Crippen LogP) is 2.28. The quantitative estimate of drug-likeness (QED) is 0.910. The summed E-state index contributed by atoms with van der Waals surface area (Å²) in [7, 11) is 1.86. The second kappa shape index (κ2) is 6.16. The van der Waals surface area contributed by atoms with Gasteiger partial charge in [-0.25, -0.2) is 0 Å². The van der Waals surface area contributed by atoms with Gasteiger partial charge in [0.15, 0.2) is 0 Å². The van der Waals surface area contributed by atoms with E-state index in [1.165, 1.54) is 0 Å². The number of aliphatic hydroxyl groups is 1. The van der Waals surface area contributed by atoms with Crippen LogP contribution in [0.1, 0.15) is 45.9 Å². The minimum atomic E-state index is -0.253. The number of aromatic nitrogens is 2. The highest BCUT2D eigenvalue weighted by Crippen LogP contribution is 2.38. The van der Waals surface area contributed by atoms with E-state index in [0.29, 0.717) is 12.8 Å². The second-order valence-electron chi connectivity index (χ2n) is 6.55. The summed E-state index contributed by atoms with van der Waals surface area (Å²) in [5.74, 6) is 0.193. The van der Waals surface area contributed by atoms with Gasteiger partial charge in [0.1, 0.15) is 0 Å². The van der Waals surface area contributed by atoms with Gasteiger partial charge in [0, 0.05) is 24.4 Å². The molecule has 1 aromatic carbocycles. The summed E-state index contributed by atoms with van der Waals surface area (Å²) >= 11 is 0. The standard InChI is InChI=1S/C18H23N3O2/c1-11-5-4-6-12(2)16(11)18(23)20-17(13-7-15(22)8-13)14-9-19-21(3)10-14/h4-6,9-10,13,15,17,22H,7-8H2,1-3H3,(H,20,23)/t13?,15?,17-/m0/s1. The van der Waals surface area contributed by atoms with Crippen molar-refractivity contribution in [3.63, 3.8) is 0 Å². The Kier molecular flexibility index (Phi) is 4.22. The molecule has 1 aromatic heterocycles. The Morgan fingerprint density at radius 1 is 1.35 bits per heavy atom. The molecule has 122 valence electrons. The first-order chi connectivity index (χ1) is 11.0. The van der Waals surface area contributed by atoms with Gasteiger partial charge in [0.05, 0.1) is 18.3 Å². The van der Waals surface area contributed by atoms with E-state index < -0.39 is 0 Å². The van der Waals surface area contributed by atoms with Crippen LogP contribution in [-0.2, 0) is 7.05 Å². The van der Waals surface area contributed by atoms with Gasteiger partial charge in [0.2, 0.25) is 0 Å². The van der Waals surface area contributed by atoms with Crippen molar-refractivity contribution in [3.8, 4) is 0 Å². The smallest absolute Gasteiger partial charge is 0.252 e. The minimum absolute atomic E-state index is 0.0594. The SMILES string of the molecule is Cc1cccc(C)c1C(=O)N[C@H](c1cnn(C)c1)C1CC(O)C1. The molecule has 23 heavy (non-hydrogen) atoms. The zero-order valence-corrected chi connectivity index (χ0v) is 13.8. The number of aliphatic hydroxyl groups excluding tert-OH is 1. The highest BCUT2D eigenvalue weighted by molar-refractivity contribution is 5.97. The number of nitrogens with one attached hydrogen (secondary N) is 1.